The highest BCUT2D eigenvalue weighted by Gasteiger charge is 2.32. The van der Waals surface area contributed by atoms with E-state index in [0.29, 0.717) is 23.6 Å². The van der Waals surface area contributed by atoms with Crippen LogP contribution in [0.4, 0.5) is 5.69 Å². The Balaban J connectivity index is 2.52. The van der Waals surface area contributed by atoms with Gasteiger partial charge < -0.3 is 10.2 Å². The lowest BCUT2D eigenvalue weighted by Gasteiger charge is -2.33. The zero-order valence-electron chi connectivity index (χ0n) is 18.8. The number of likely N-dealkylation sites (N-methyl/N-ethyl adjacent to an activating group) is 1. The molecule has 0 aliphatic carbocycles. The Morgan fingerprint density at radius 3 is 2.15 bits per heavy atom. The van der Waals surface area contributed by atoms with Crippen LogP contribution in [0.1, 0.15) is 25.8 Å². The van der Waals surface area contributed by atoms with Crippen LogP contribution in [0.25, 0.3) is 0 Å². The predicted octanol–water partition coefficient (Wildman–Crippen LogP) is 5.01. The van der Waals surface area contributed by atoms with Gasteiger partial charge in [-0.25, -0.2) is 8.42 Å². The van der Waals surface area contributed by atoms with Crippen molar-refractivity contribution in [2.45, 2.75) is 32.9 Å². The van der Waals surface area contributed by atoms with Crippen LogP contribution in [-0.2, 0) is 26.2 Å². The molecule has 2 aromatic rings. The smallest absolute Gasteiger partial charge is 0.244 e. The van der Waals surface area contributed by atoms with Gasteiger partial charge in [-0.15, -0.1) is 0 Å². The maximum Gasteiger partial charge on any atom is 0.244 e. The van der Waals surface area contributed by atoms with Gasteiger partial charge in [0.1, 0.15) is 12.6 Å². The summed E-state index contributed by atoms with van der Waals surface area (Å²) in [5.41, 5.74) is 0.606. The minimum atomic E-state index is -3.97. The molecule has 0 heterocycles. The van der Waals surface area contributed by atoms with Gasteiger partial charge in [-0.1, -0.05) is 71.5 Å². The third-order valence-corrected chi connectivity index (χ3v) is 7.49. The maximum absolute atomic E-state index is 13.6. The van der Waals surface area contributed by atoms with E-state index >= 15 is 0 Å². The highest BCUT2D eigenvalue weighted by Crippen LogP contribution is 2.35. The summed E-state index contributed by atoms with van der Waals surface area (Å²) >= 11 is 24.6. The van der Waals surface area contributed by atoms with Crippen LogP contribution in [0.5, 0.6) is 0 Å². The molecule has 34 heavy (non-hydrogen) atoms. The molecule has 0 radical (unpaired) electrons. The van der Waals surface area contributed by atoms with Gasteiger partial charge in [0, 0.05) is 18.1 Å². The molecule has 186 valence electrons. The first-order valence-electron chi connectivity index (χ1n) is 10.3. The number of hydrogen-bond donors (Lipinski definition) is 1. The lowest BCUT2D eigenvalue weighted by atomic mass is 10.1. The van der Waals surface area contributed by atoms with E-state index in [1.54, 1.807) is 38.1 Å². The molecule has 12 heteroatoms. The Morgan fingerprint density at radius 2 is 1.59 bits per heavy atom. The summed E-state index contributed by atoms with van der Waals surface area (Å²) in [6, 6.07) is 8.64. The van der Waals surface area contributed by atoms with Crippen LogP contribution < -0.4 is 9.62 Å². The Labute approximate surface area is 220 Å². The number of hydrogen-bond acceptors (Lipinski definition) is 4. The van der Waals surface area contributed by atoms with Crippen LogP contribution in [0.2, 0.25) is 20.1 Å². The number of anilines is 1. The third-order valence-electron chi connectivity index (χ3n) is 4.97. The average Bonchev–Trinajstić information content (AvgIpc) is 2.75. The normalized spacial score (nSPS) is 12.2. The van der Waals surface area contributed by atoms with Crippen molar-refractivity contribution in [2.24, 2.45) is 0 Å². The molecule has 1 N–H and O–H groups in total. The SMILES string of the molecule is CCNC(=O)[C@@H](CC)N(Cc1ccccc1Cl)C(=O)CN(c1cc(Cl)c(Cl)cc1Cl)S(C)(=O)=O. The molecule has 0 saturated heterocycles. The first kappa shape index (κ1) is 28.5. The van der Waals surface area contributed by atoms with Gasteiger partial charge in [-0.3, -0.25) is 13.9 Å². The average molecular weight is 569 g/mol. The molecule has 0 saturated carbocycles. The second kappa shape index (κ2) is 12.3. The Bertz CT molecular complexity index is 1160. The Morgan fingerprint density at radius 1 is 0.971 bits per heavy atom. The van der Waals surface area contributed by atoms with Crippen molar-refractivity contribution in [3.05, 3.63) is 62.1 Å². The lowest BCUT2D eigenvalue weighted by molar-refractivity contribution is -0.140. The topological polar surface area (TPSA) is 86.8 Å². The number of halogens is 4. The van der Waals surface area contributed by atoms with Crippen LogP contribution in [0.3, 0.4) is 0 Å². The summed E-state index contributed by atoms with van der Waals surface area (Å²) in [6.45, 7) is 3.29. The first-order valence-corrected chi connectivity index (χ1v) is 13.7. The van der Waals surface area contributed by atoms with E-state index < -0.39 is 28.5 Å². The zero-order valence-corrected chi connectivity index (χ0v) is 22.7. The number of carbonyl (C=O) groups is 2. The van der Waals surface area contributed by atoms with Gasteiger partial charge in [0.2, 0.25) is 21.8 Å². The fourth-order valence-electron chi connectivity index (χ4n) is 3.32. The highest BCUT2D eigenvalue weighted by atomic mass is 35.5. The standard InChI is InChI=1S/C22H25Cl4N3O4S/c1-4-19(22(31)27-5-2)28(12-14-8-6-7-9-15(14)23)21(30)13-29(34(3,32)33)20-11-17(25)16(24)10-18(20)26/h6-11,19H,4-5,12-13H2,1-3H3,(H,27,31)/t19-/m1/s1. The van der Waals surface area contributed by atoms with Crippen LogP contribution in [0.15, 0.2) is 36.4 Å². The predicted molar refractivity (Wildman–Crippen MR) is 138 cm³/mol. The van der Waals surface area contributed by atoms with Crippen molar-refractivity contribution in [3.8, 4) is 0 Å². The molecule has 2 rings (SSSR count). The number of benzene rings is 2. The number of rotatable bonds is 10. The fourth-order valence-corrected chi connectivity index (χ4v) is 5.06. The lowest BCUT2D eigenvalue weighted by Crippen LogP contribution is -2.52. The molecular weight excluding hydrogens is 544 g/mol. The summed E-state index contributed by atoms with van der Waals surface area (Å²) in [5.74, 6) is -0.977. The van der Waals surface area contributed by atoms with Crippen LogP contribution in [0, 0.1) is 0 Å². The molecule has 0 unspecified atom stereocenters. The highest BCUT2D eigenvalue weighted by molar-refractivity contribution is 7.92. The summed E-state index contributed by atoms with van der Waals surface area (Å²) < 4.78 is 26.1. The molecule has 0 aliphatic rings. The minimum Gasteiger partial charge on any atom is -0.355 e. The van der Waals surface area contributed by atoms with E-state index in [9.17, 15) is 18.0 Å². The molecule has 2 aromatic carbocycles. The number of nitrogens with one attached hydrogen (secondary N) is 1. The molecule has 0 bridgehead atoms. The Kier molecular flexibility index (Phi) is 10.3. The van der Waals surface area contributed by atoms with Crippen LogP contribution in [-0.4, -0.2) is 50.5 Å². The number of carbonyl (C=O) groups excluding carboxylic acids is 2. The molecule has 0 spiro atoms. The summed E-state index contributed by atoms with van der Waals surface area (Å²) in [6.07, 6.45) is 1.24. The molecule has 0 aromatic heterocycles. The van der Waals surface area contributed by atoms with Crippen molar-refractivity contribution in [1.29, 1.82) is 0 Å². The molecular formula is C22H25Cl4N3O4S. The molecule has 7 nitrogen and oxygen atoms in total. The van der Waals surface area contributed by atoms with E-state index in [1.165, 1.54) is 17.0 Å². The van der Waals surface area contributed by atoms with E-state index in [2.05, 4.69) is 5.32 Å². The van der Waals surface area contributed by atoms with Crippen molar-refractivity contribution < 1.29 is 18.0 Å². The van der Waals surface area contributed by atoms with Crippen LogP contribution >= 0.6 is 46.4 Å². The van der Waals surface area contributed by atoms with Gasteiger partial charge in [0.05, 0.1) is 27.0 Å². The molecule has 2 amide bonds. The summed E-state index contributed by atoms with van der Waals surface area (Å²) in [5, 5.41) is 3.35. The molecule has 0 fully saturated rings. The van der Waals surface area contributed by atoms with Crippen molar-refractivity contribution in [1.82, 2.24) is 10.2 Å². The van der Waals surface area contributed by atoms with Gasteiger partial charge in [-0.05, 0) is 37.1 Å². The third kappa shape index (κ3) is 7.15. The second-order valence-electron chi connectivity index (χ2n) is 7.42. The van der Waals surface area contributed by atoms with Crippen molar-refractivity contribution >= 4 is 73.9 Å². The van der Waals surface area contributed by atoms with Crippen molar-refractivity contribution in [2.75, 3.05) is 23.7 Å². The van der Waals surface area contributed by atoms with Gasteiger partial charge in [0.15, 0.2) is 0 Å². The Hall–Kier alpha value is -1.71. The number of amides is 2. The number of sulfonamides is 1. The quantitative estimate of drug-likeness (QED) is 0.408. The summed E-state index contributed by atoms with van der Waals surface area (Å²) in [4.78, 5) is 27.6. The second-order valence-corrected chi connectivity index (χ2v) is 11.0. The van der Waals surface area contributed by atoms with Gasteiger partial charge in [0.25, 0.3) is 0 Å². The van der Waals surface area contributed by atoms with Gasteiger partial charge >= 0.3 is 0 Å². The van der Waals surface area contributed by atoms with Crippen molar-refractivity contribution in [3.63, 3.8) is 0 Å². The molecule has 1 atom stereocenters. The summed E-state index contributed by atoms with van der Waals surface area (Å²) in [7, 11) is -3.97. The first-order chi connectivity index (χ1) is 15.9. The largest absolute Gasteiger partial charge is 0.355 e. The molecule has 0 aliphatic heterocycles. The van der Waals surface area contributed by atoms with E-state index in [0.717, 1.165) is 10.6 Å². The van der Waals surface area contributed by atoms with Gasteiger partial charge in [-0.2, -0.15) is 0 Å². The zero-order chi connectivity index (χ0) is 25.6. The van der Waals surface area contributed by atoms with E-state index in [1.807, 2.05) is 0 Å². The number of nitrogens with zero attached hydrogens (tertiary/aromatic N) is 2. The monoisotopic (exact) mass is 567 g/mol. The van der Waals surface area contributed by atoms with E-state index in [4.69, 9.17) is 46.4 Å². The minimum absolute atomic E-state index is 0.000849. The maximum atomic E-state index is 13.6. The van der Waals surface area contributed by atoms with E-state index in [-0.39, 0.29) is 33.2 Å². The fraction of sp³-hybridized carbons (Fsp3) is 0.364.